The number of hydrogen-bond donors (Lipinski definition) is 1. The monoisotopic (exact) mass is 278 g/mol. The van der Waals surface area contributed by atoms with Crippen LogP contribution in [0.4, 0.5) is 0 Å². The fourth-order valence-corrected chi connectivity index (χ4v) is 3.99. The molecule has 0 heterocycles. The number of rotatable bonds is 5. The Bertz CT molecular complexity index is 404. The number of thioether (sulfide) groups is 1. The normalized spacial score (nSPS) is 27.1. The summed E-state index contributed by atoms with van der Waals surface area (Å²) in [6.45, 7) is 2.25. The summed E-state index contributed by atoms with van der Waals surface area (Å²) >= 11 is 1.84. The SMILES string of the molecule is CC1CCC(C(=O)O)C(CCSc2ccccc2)C1. The summed E-state index contributed by atoms with van der Waals surface area (Å²) < 4.78 is 0. The second kappa shape index (κ2) is 6.99. The third-order valence-electron chi connectivity index (χ3n) is 4.06. The largest absolute Gasteiger partial charge is 0.481 e. The number of benzene rings is 1. The summed E-state index contributed by atoms with van der Waals surface area (Å²) in [4.78, 5) is 12.6. The van der Waals surface area contributed by atoms with Gasteiger partial charge < -0.3 is 5.11 Å². The quantitative estimate of drug-likeness (QED) is 0.816. The molecule has 1 fully saturated rings. The molecule has 104 valence electrons. The van der Waals surface area contributed by atoms with Crippen LogP contribution in [0.25, 0.3) is 0 Å². The lowest BCUT2D eigenvalue weighted by Crippen LogP contribution is -2.30. The van der Waals surface area contributed by atoms with Gasteiger partial charge >= 0.3 is 5.97 Å². The van der Waals surface area contributed by atoms with E-state index in [1.165, 1.54) is 4.90 Å². The van der Waals surface area contributed by atoms with Crippen LogP contribution >= 0.6 is 11.8 Å². The van der Waals surface area contributed by atoms with Crippen LogP contribution in [0.1, 0.15) is 32.6 Å². The first-order valence-electron chi connectivity index (χ1n) is 7.07. The molecule has 1 N–H and O–H groups in total. The van der Waals surface area contributed by atoms with Crippen LogP contribution in [0, 0.1) is 17.8 Å². The van der Waals surface area contributed by atoms with E-state index < -0.39 is 5.97 Å². The zero-order valence-corrected chi connectivity index (χ0v) is 12.2. The number of carboxylic acid groups (broad SMARTS) is 1. The number of carbonyl (C=O) groups is 1. The summed E-state index contributed by atoms with van der Waals surface area (Å²) in [7, 11) is 0. The molecular formula is C16H22O2S. The van der Waals surface area contributed by atoms with Crippen LogP contribution in [-0.2, 0) is 4.79 Å². The topological polar surface area (TPSA) is 37.3 Å². The van der Waals surface area contributed by atoms with Crippen molar-refractivity contribution >= 4 is 17.7 Å². The Balaban J connectivity index is 1.84. The molecule has 3 unspecified atom stereocenters. The zero-order valence-electron chi connectivity index (χ0n) is 11.4. The maximum Gasteiger partial charge on any atom is 0.306 e. The van der Waals surface area contributed by atoms with E-state index >= 15 is 0 Å². The molecule has 2 rings (SSSR count). The van der Waals surface area contributed by atoms with Crippen molar-refractivity contribution in [3.05, 3.63) is 30.3 Å². The lowest BCUT2D eigenvalue weighted by Gasteiger charge is -2.32. The molecular weight excluding hydrogens is 256 g/mol. The van der Waals surface area contributed by atoms with E-state index in [1.807, 2.05) is 30.0 Å². The number of hydrogen-bond acceptors (Lipinski definition) is 2. The van der Waals surface area contributed by atoms with Gasteiger partial charge in [0.25, 0.3) is 0 Å². The molecule has 0 radical (unpaired) electrons. The van der Waals surface area contributed by atoms with Gasteiger partial charge in [0, 0.05) is 4.90 Å². The van der Waals surface area contributed by atoms with Crippen molar-refractivity contribution in [2.75, 3.05) is 5.75 Å². The van der Waals surface area contributed by atoms with Crippen molar-refractivity contribution in [1.82, 2.24) is 0 Å². The van der Waals surface area contributed by atoms with Gasteiger partial charge in [-0.1, -0.05) is 25.1 Å². The fourth-order valence-electron chi connectivity index (χ4n) is 2.99. The molecule has 0 bridgehead atoms. The second-order valence-electron chi connectivity index (χ2n) is 5.57. The molecule has 1 aliphatic rings. The Morgan fingerprint density at radius 2 is 2.05 bits per heavy atom. The van der Waals surface area contributed by atoms with Gasteiger partial charge in [0.15, 0.2) is 0 Å². The minimum Gasteiger partial charge on any atom is -0.481 e. The fraction of sp³-hybridized carbons (Fsp3) is 0.562. The van der Waals surface area contributed by atoms with Crippen LogP contribution in [0.3, 0.4) is 0 Å². The molecule has 3 heteroatoms. The van der Waals surface area contributed by atoms with Gasteiger partial charge in [-0.2, -0.15) is 0 Å². The molecule has 1 saturated carbocycles. The Hall–Kier alpha value is -0.960. The van der Waals surface area contributed by atoms with Crippen molar-refractivity contribution in [1.29, 1.82) is 0 Å². The average molecular weight is 278 g/mol. The highest BCUT2D eigenvalue weighted by Crippen LogP contribution is 2.37. The van der Waals surface area contributed by atoms with Gasteiger partial charge in [0.1, 0.15) is 0 Å². The molecule has 2 nitrogen and oxygen atoms in total. The molecule has 0 aromatic heterocycles. The highest BCUT2D eigenvalue weighted by Gasteiger charge is 2.32. The maximum absolute atomic E-state index is 11.3. The van der Waals surface area contributed by atoms with Crippen LogP contribution in [-0.4, -0.2) is 16.8 Å². The van der Waals surface area contributed by atoms with E-state index in [9.17, 15) is 9.90 Å². The van der Waals surface area contributed by atoms with E-state index in [0.29, 0.717) is 11.8 Å². The molecule has 1 aromatic rings. The summed E-state index contributed by atoms with van der Waals surface area (Å²) in [6.07, 6.45) is 4.02. The van der Waals surface area contributed by atoms with E-state index in [4.69, 9.17) is 0 Å². The lowest BCUT2D eigenvalue weighted by molar-refractivity contribution is -0.145. The van der Waals surface area contributed by atoms with Gasteiger partial charge in [-0.15, -0.1) is 11.8 Å². The second-order valence-corrected chi connectivity index (χ2v) is 6.74. The minimum absolute atomic E-state index is 0.118. The van der Waals surface area contributed by atoms with E-state index in [-0.39, 0.29) is 5.92 Å². The van der Waals surface area contributed by atoms with Crippen molar-refractivity contribution < 1.29 is 9.90 Å². The standard InChI is InChI=1S/C16H22O2S/c1-12-7-8-15(16(17)18)13(11-12)9-10-19-14-5-3-2-4-6-14/h2-6,12-13,15H,7-11H2,1H3,(H,17,18). The molecule has 1 aromatic carbocycles. The third-order valence-corrected chi connectivity index (χ3v) is 5.11. The lowest BCUT2D eigenvalue weighted by atomic mass is 9.73. The molecule has 0 spiro atoms. The molecule has 0 aliphatic heterocycles. The van der Waals surface area contributed by atoms with Crippen molar-refractivity contribution in [3.8, 4) is 0 Å². The Morgan fingerprint density at radius 3 is 2.74 bits per heavy atom. The van der Waals surface area contributed by atoms with Crippen LogP contribution < -0.4 is 0 Å². The summed E-state index contributed by atoms with van der Waals surface area (Å²) in [5.41, 5.74) is 0. The maximum atomic E-state index is 11.3. The van der Waals surface area contributed by atoms with E-state index in [0.717, 1.165) is 31.4 Å². The first kappa shape index (κ1) is 14.4. The molecule has 0 saturated heterocycles. The first-order chi connectivity index (χ1) is 9.16. The molecule has 1 aliphatic carbocycles. The number of aliphatic carboxylic acids is 1. The molecule has 0 amide bonds. The summed E-state index contributed by atoms with van der Waals surface area (Å²) in [5.74, 6) is 1.35. The highest BCUT2D eigenvalue weighted by molar-refractivity contribution is 7.99. The minimum atomic E-state index is -0.596. The Kier molecular flexibility index (Phi) is 5.32. The predicted molar refractivity (Wildman–Crippen MR) is 79.4 cm³/mol. The van der Waals surface area contributed by atoms with Crippen molar-refractivity contribution in [2.45, 2.75) is 37.5 Å². The summed E-state index contributed by atoms with van der Waals surface area (Å²) in [6, 6.07) is 10.3. The Morgan fingerprint density at radius 1 is 1.32 bits per heavy atom. The molecule has 3 atom stereocenters. The van der Waals surface area contributed by atoms with Crippen LogP contribution in [0.2, 0.25) is 0 Å². The average Bonchev–Trinajstić information content (AvgIpc) is 2.39. The predicted octanol–water partition coefficient (Wildman–Crippen LogP) is 4.31. The highest BCUT2D eigenvalue weighted by atomic mass is 32.2. The third kappa shape index (κ3) is 4.27. The smallest absolute Gasteiger partial charge is 0.306 e. The van der Waals surface area contributed by atoms with Gasteiger partial charge in [-0.25, -0.2) is 0 Å². The van der Waals surface area contributed by atoms with Crippen LogP contribution in [0.15, 0.2) is 35.2 Å². The van der Waals surface area contributed by atoms with Crippen LogP contribution in [0.5, 0.6) is 0 Å². The van der Waals surface area contributed by atoms with Gasteiger partial charge in [-0.3, -0.25) is 4.79 Å². The molecule has 19 heavy (non-hydrogen) atoms. The van der Waals surface area contributed by atoms with Gasteiger partial charge in [0.2, 0.25) is 0 Å². The van der Waals surface area contributed by atoms with E-state index in [1.54, 1.807) is 0 Å². The zero-order chi connectivity index (χ0) is 13.7. The van der Waals surface area contributed by atoms with Crippen molar-refractivity contribution in [2.24, 2.45) is 17.8 Å². The van der Waals surface area contributed by atoms with E-state index in [2.05, 4.69) is 19.1 Å². The van der Waals surface area contributed by atoms with Crippen molar-refractivity contribution in [3.63, 3.8) is 0 Å². The van der Waals surface area contributed by atoms with Gasteiger partial charge in [0.05, 0.1) is 5.92 Å². The Labute approximate surface area is 119 Å². The number of carboxylic acids is 1. The van der Waals surface area contributed by atoms with Gasteiger partial charge in [-0.05, 0) is 55.4 Å². The first-order valence-corrected chi connectivity index (χ1v) is 8.06. The summed E-state index contributed by atoms with van der Waals surface area (Å²) in [5, 5.41) is 9.30.